The maximum atomic E-state index is 13.6. The highest BCUT2D eigenvalue weighted by molar-refractivity contribution is 9.10. The number of nitro benzene ring substituents is 1. The molecule has 0 aliphatic heterocycles. The van der Waals surface area contributed by atoms with Gasteiger partial charge in [-0.1, -0.05) is 18.2 Å². The first-order valence-electron chi connectivity index (χ1n) is 6.09. The molecule has 1 N–H and O–H groups in total. The van der Waals surface area contributed by atoms with Crippen LogP contribution in [0.5, 0.6) is 0 Å². The average Bonchev–Trinajstić information content (AvgIpc) is 2.44. The van der Waals surface area contributed by atoms with Crippen LogP contribution in [0.15, 0.2) is 40.9 Å². The van der Waals surface area contributed by atoms with Gasteiger partial charge >= 0.3 is 0 Å². The molecule has 0 aromatic heterocycles. The van der Waals surface area contributed by atoms with Crippen molar-refractivity contribution in [2.75, 3.05) is 11.9 Å². The number of rotatable bonds is 5. The van der Waals surface area contributed by atoms with Crippen LogP contribution in [0.25, 0.3) is 0 Å². The quantitative estimate of drug-likeness (QED) is 0.493. The van der Waals surface area contributed by atoms with Gasteiger partial charge in [-0.3, -0.25) is 10.1 Å². The van der Waals surface area contributed by atoms with E-state index in [-0.39, 0.29) is 22.4 Å². The van der Waals surface area contributed by atoms with Crippen molar-refractivity contribution < 1.29 is 13.7 Å². The smallest absolute Gasteiger partial charge is 0.272 e. The Morgan fingerprint density at radius 3 is 2.62 bits per heavy atom. The maximum absolute atomic E-state index is 13.6. The van der Waals surface area contributed by atoms with E-state index in [1.54, 1.807) is 18.2 Å². The third-order valence-corrected chi connectivity index (χ3v) is 3.52. The minimum atomic E-state index is -0.592. The molecule has 0 aliphatic rings. The number of hydrogen-bond acceptors (Lipinski definition) is 3. The molecule has 2 aromatic rings. The normalized spacial score (nSPS) is 10.4. The van der Waals surface area contributed by atoms with Gasteiger partial charge in [-0.05, 0) is 28.4 Å². The number of halogens is 3. The molecule has 4 nitrogen and oxygen atoms in total. The number of anilines is 1. The van der Waals surface area contributed by atoms with E-state index in [1.165, 1.54) is 6.07 Å². The fourth-order valence-electron chi connectivity index (χ4n) is 1.89. The predicted octanol–water partition coefficient (Wildman–Crippen LogP) is 4.29. The molecule has 0 radical (unpaired) electrons. The molecule has 0 aliphatic carbocycles. The van der Waals surface area contributed by atoms with Gasteiger partial charge in [0.05, 0.1) is 15.1 Å². The van der Waals surface area contributed by atoms with Crippen LogP contribution in [0.4, 0.5) is 20.2 Å². The lowest BCUT2D eigenvalue weighted by molar-refractivity contribution is -0.385. The number of nitro groups is 1. The molecular weight excluding hydrogens is 346 g/mol. The van der Waals surface area contributed by atoms with Gasteiger partial charge in [0.15, 0.2) is 0 Å². The van der Waals surface area contributed by atoms with Crippen molar-refractivity contribution in [2.45, 2.75) is 6.42 Å². The lowest BCUT2D eigenvalue weighted by Crippen LogP contribution is -2.08. The van der Waals surface area contributed by atoms with E-state index in [2.05, 4.69) is 21.2 Å². The van der Waals surface area contributed by atoms with Crippen LogP contribution in [0, 0.1) is 21.7 Å². The molecule has 0 amide bonds. The van der Waals surface area contributed by atoms with Crippen LogP contribution in [0.1, 0.15) is 5.56 Å². The first kappa shape index (κ1) is 15.4. The van der Waals surface area contributed by atoms with E-state index in [1.807, 2.05) is 0 Å². The first-order chi connectivity index (χ1) is 9.99. The van der Waals surface area contributed by atoms with Crippen molar-refractivity contribution in [3.05, 3.63) is 68.2 Å². The molecule has 2 rings (SSSR count). The number of para-hydroxylation sites is 1. The van der Waals surface area contributed by atoms with Gasteiger partial charge in [-0.15, -0.1) is 0 Å². The Morgan fingerprint density at radius 1 is 1.19 bits per heavy atom. The van der Waals surface area contributed by atoms with Gasteiger partial charge in [0.2, 0.25) is 0 Å². The molecule has 0 heterocycles. The topological polar surface area (TPSA) is 55.2 Å². The van der Waals surface area contributed by atoms with Crippen LogP contribution in [0.2, 0.25) is 0 Å². The Hall–Kier alpha value is -2.02. The molecule has 7 heteroatoms. The van der Waals surface area contributed by atoms with Crippen LogP contribution >= 0.6 is 15.9 Å². The Labute approximate surface area is 128 Å². The zero-order valence-electron chi connectivity index (χ0n) is 10.8. The molecule has 0 bridgehead atoms. The highest BCUT2D eigenvalue weighted by Crippen LogP contribution is 2.24. The Morgan fingerprint density at radius 2 is 1.90 bits per heavy atom. The lowest BCUT2D eigenvalue weighted by atomic mass is 10.1. The second kappa shape index (κ2) is 6.62. The summed E-state index contributed by atoms with van der Waals surface area (Å²) in [4.78, 5) is 10.4. The average molecular weight is 357 g/mol. The van der Waals surface area contributed by atoms with Crippen LogP contribution < -0.4 is 5.32 Å². The SMILES string of the molecule is O=[N+]([O-])c1ccccc1CCNc1cc(F)c(Br)cc1F. The van der Waals surface area contributed by atoms with Gasteiger partial charge < -0.3 is 5.32 Å². The summed E-state index contributed by atoms with van der Waals surface area (Å²) < 4.78 is 27.0. The number of nitrogens with zero attached hydrogens (tertiary/aromatic N) is 1. The summed E-state index contributed by atoms with van der Waals surface area (Å²) in [6, 6.07) is 8.40. The van der Waals surface area contributed by atoms with Crippen LogP contribution in [0.3, 0.4) is 0 Å². The molecule has 0 unspecified atom stereocenters. The van der Waals surface area contributed by atoms with Crippen LogP contribution in [-0.4, -0.2) is 11.5 Å². The summed E-state index contributed by atoms with van der Waals surface area (Å²) in [7, 11) is 0. The van der Waals surface area contributed by atoms with E-state index in [9.17, 15) is 18.9 Å². The fraction of sp³-hybridized carbons (Fsp3) is 0.143. The summed E-state index contributed by atoms with van der Waals surface area (Å²) in [6.45, 7) is 0.253. The summed E-state index contributed by atoms with van der Waals surface area (Å²) in [5, 5.41) is 13.6. The zero-order chi connectivity index (χ0) is 15.4. The van der Waals surface area contributed by atoms with E-state index in [0.29, 0.717) is 12.0 Å². The zero-order valence-corrected chi connectivity index (χ0v) is 12.4. The van der Waals surface area contributed by atoms with Crippen molar-refractivity contribution in [3.8, 4) is 0 Å². The third kappa shape index (κ3) is 3.75. The number of hydrogen-bond donors (Lipinski definition) is 1. The van der Waals surface area contributed by atoms with Crippen molar-refractivity contribution >= 4 is 27.3 Å². The van der Waals surface area contributed by atoms with E-state index in [0.717, 1.165) is 12.1 Å². The summed E-state index contributed by atoms with van der Waals surface area (Å²) >= 11 is 2.89. The van der Waals surface area contributed by atoms with Gasteiger partial charge in [0, 0.05) is 24.2 Å². The Balaban J connectivity index is 2.06. The van der Waals surface area contributed by atoms with E-state index >= 15 is 0 Å². The second-order valence-corrected chi connectivity index (χ2v) is 5.16. The van der Waals surface area contributed by atoms with E-state index in [4.69, 9.17) is 0 Å². The highest BCUT2D eigenvalue weighted by Gasteiger charge is 2.12. The summed E-state index contributed by atoms with van der Waals surface area (Å²) in [5.41, 5.74) is 0.573. The number of benzene rings is 2. The minimum Gasteiger partial charge on any atom is -0.382 e. The Kier molecular flexibility index (Phi) is 4.85. The monoisotopic (exact) mass is 356 g/mol. The van der Waals surface area contributed by atoms with Gasteiger partial charge in [-0.25, -0.2) is 8.78 Å². The summed E-state index contributed by atoms with van der Waals surface area (Å²) in [5.74, 6) is -1.17. The molecule has 110 valence electrons. The van der Waals surface area contributed by atoms with Crippen LogP contribution in [-0.2, 0) is 6.42 Å². The molecule has 2 aromatic carbocycles. The highest BCUT2D eigenvalue weighted by atomic mass is 79.9. The molecule has 0 saturated carbocycles. The predicted molar refractivity (Wildman–Crippen MR) is 79.3 cm³/mol. The first-order valence-corrected chi connectivity index (χ1v) is 6.89. The maximum Gasteiger partial charge on any atom is 0.272 e. The molecule has 0 fully saturated rings. The van der Waals surface area contributed by atoms with Gasteiger partial charge in [0.1, 0.15) is 11.6 Å². The Bertz CT molecular complexity index is 680. The molecule has 0 spiro atoms. The van der Waals surface area contributed by atoms with Crippen molar-refractivity contribution in [2.24, 2.45) is 0 Å². The molecule has 0 atom stereocenters. The molecule has 21 heavy (non-hydrogen) atoms. The summed E-state index contributed by atoms with van der Waals surface area (Å²) in [6.07, 6.45) is 0.328. The third-order valence-electron chi connectivity index (χ3n) is 2.91. The number of nitrogens with one attached hydrogen (secondary N) is 1. The largest absolute Gasteiger partial charge is 0.382 e. The molecule has 0 saturated heterocycles. The van der Waals surface area contributed by atoms with Crippen molar-refractivity contribution in [1.29, 1.82) is 0 Å². The molecular formula is C14H11BrF2N2O2. The lowest BCUT2D eigenvalue weighted by Gasteiger charge is -2.09. The van der Waals surface area contributed by atoms with Crippen molar-refractivity contribution in [3.63, 3.8) is 0 Å². The second-order valence-electron chi connectivity index (χ2n) is 4.31. The van der Waals surface area contributed by atoms with Crippen molar-refractivity contribution in [1.82, 2.24) is 0 Å². The minimum absolute atomic E-state index is 0.0155. The van der Waals surface area contributed by atoms with E-state index < -0.39 is 16.6 Å². The standard InChI is InChI=1S/C14H11BrF2N2O2/c15-10-7-12(17)13(8-11(10)16)18-6-5-9-3-1-2-4-14(9)19(20)21/h1-4,7-8,18H,5-6H2. The van der Waals surface area contributed by atoms with Gasteiger partial charge in [-0.2, -0.15) is 0 Å². The van der Waals surface area contributed by atoms with Gasteiger partial charge in [0.25, 0.3) is 5.69 Å². The fourth-order valence-corrected chi connectivity index (χ4v) is 2.21.